The molecule has 0 atom stereocenters. The molecule has 2 aromatic rings. The Hall–Kier alpha value is -1.98. The van der Waals surface area contributed by atoms with Crippen LogP contribution < -0.4 is 10.2 Å². The van der Waals surface area contributed by atoms with Crippen molar-refractivity contribution in [3.05, 3.63) is 59.1 Å². The number of carbonyl (C=O) groups excluding carboxylic acids is 1. The first-order valence-electron chi connectivity index (χ1n) is 8.10. The SMILES string of the molecule is CCCOc1ccc(/C=N\NC(=O)CCSc2ccc(Cl)cc2)cc1. The van der Waals surface area contributed by atoms with Gasteiger partial charge in [0, 0.05) is 22.1 Å². The zero-order valence-corrected chi connectivity index (χ0v) is 15.6. The summed E-state index contributed by atoms with van der Waals surface area (Å²) < 4.78 is 5.52. The summed E-state index contributed by atoms with van der Waals surface area (Å²) in [5.74, 6) is 1.41. The molecule has 2 rings (SSSR count). The van der Waals surface area contributed by atoms with Gasteiger partial charge in [-0.05, 0) is 60.5 Å². The normalized spacial score (nSPS) is 10.8. The Bertz CT molecular complexity index is 688. The molecule has 0 radical (unpaired) electrons. The van der Waals surface area contributed by atoms with Gasteiger partial charge in [-0.3, -0.25) is 4.79 Å². The van der Waals surface area contributed by atoms with E-state index in [0.29, 0.717) is 23.8 Å². The Balaban J connectivity index is 1.68. The van der Waals surface area contributed by atoms with E-state index in [9.17, 15) is 4.79 Å². The fraction of sp³-hybridized carbons (Fsp3) is 0.263. The molecule has 0 aromatic heterocycles. The van der Waals surface area contributed by atoms with Crippen molar-refractivity contribution < 1.29 is 9.53 Å². The number of ether oxygens (including phenoxy) is 1. The van der Waals surface area contributed by atoms with Crippen LogP contribution in [0.15, 0.2) is 58.5 Å². The van der Waals surface area contributed by atoms with Crippen LogP contribution in [0.3, 0.4) is 0 Å². The maximum atomic E-state index is 11.8. The molecule has 0 aliphatic heterocycles. The van der Waals surface area contributed by atoms with E-state index in [-0.39, 0.29) is 5.91 Å². The number of nitrogens with one attached hydrogen (secondary N) is 1. The van der Waals surface area contributed by atoms with Crippen LogP contribution in [0.5, 0.6) is 5.75 Å². The van der Waals surface area contributed by atoms with Crippen LogP contribution in [0.4, 0.5) is 0 Å². The molecule has 0 unspecified atom stereocenters. The first-order valence-corrected chi connectivity index (χ1v) is 9.47. The Morgan fingerprint density at radius 2 is 1.92 bits per heavy atom. The molecule has 0 saturated carbocycles. The highest BCUT2D eigenvalue weighted by Crippen LogP contribution is 2.20. The average Bonchev–Trinajstić information content (AvgIpc) is 2.63. The Morgan fingerprint density at radius 3 is 2.60 bits per heavy atom. The number of nitrogens with zero attached hydrogens (tertiary/aromatic N) is 1. The summed E-state index contributed by atoms with van der Waals surface area (Å²) in [5.41, 5.74) is 3.44. The third-order valence-electron chi connectivity index (χ3n) is 3.17. The summed E-state index contributed by atoms with van der Waals surface area (Å²) in [7, 11) is 0. The van der Waals surface area contributed by atoms with Crippen LogP contribution in [0.25, 0.3) is 0 Å². The van der Waals surface area contributed by atoms with Crippen molar-refractivity contribution >= 4 is 35.5 Å². The summed E-state index contributed by atoms with van der Waals surface area (Å²) >= 11 is 7.45. The van der Waals surface area contributed by atoms with Gasteiger partial charge in [-0.25, -0.2) is 5.43 Å². The van der Waals surface area contributed by atoms with Crippen molar-refractivity contribution in [2.24, 2.45) is 5.10 Å². The number of amides is 1. The summed E-state index contributed by atoms with van der Waals surface area (Å²) in [4.78, 5) is 12.9. The Kier molecular flexibility index (Phi) is 8.35. The number of halogens is 1. The topological polar surface area (TPSA) is 50.7 Å². The van der Waals surface area contributed by atoms with Gasteiger partial charge in [0.25, 0.3) is 0 Å². The van der Waals surface area contributed by atoms with Crippen LogP contribution in [-0.2, 0) is 4.79 Å². The van der Waals surface area contributed by atoms with Gasteiger partial charge in [-0.15, -0.1) is 11.8 Å². The summed E-state index contributed by atoms with van der Waals surface area (Å²) in [6.07, 6.45) is 2.99. The minimum atomic E-state index is -0.111. The Morgan fingerprint density at radius 1 is 1.20 bits per heavy atom. The fourth-order valence-electron chi connectivity index (χ4n) is 1.90. The lowest BCUT2D eigenvalue weighted by Gasteiger charge is -2.04. The number of thioether (sulfide) groups is 1. The van der Waals surface area contributed by atoms with Gasteiger partial charge in [-0.2, -0.15) is 5.10 Å². The van der Waals surface area contributed by atoms with Crippen LogP contribution in [0, 0.1) is 0 Å². The van der Waals surface area contributed by atoms with Crippen molar-refractivity contribution in [1.82, 2.24) is 5.43 Å². The van der Waals surface area contributed by atoms with E-state index in [2.05, 4.69) is 17.5 Å². The lowest BCUT2D eigenvalue weighted by molar-refractivity contribution is -0.120. The summed E-state index contributed by atoms with van der Waals surface area (Å²) in [5, 5.41) is 4.69. The van der Waals surface area contributed by atoms with Gasteiger partial charge < -0.3 is 4.74 Å². The lowest BCUT2D eigenvalue weighted by Crippen LogP contribution is -2.17. The zero-order valence-electron chi connectivity index (χ0n) is 14.1. The monoisotopic (exact) mass is 376 g/mol. The minimum Gasteiger partial charge on any atom is -0.494 e. The number of hydrogen-bond donors (Lipinski definition) is 1. The lowest BCUT2D eigenvalue weighted by atomic mass is 10.2. The van der Waals surface area contributed by atoms with E-state index in [1.807, 2.05) is 48.5 Å². The second-order valence-electron chi connectivity index (χ2n) is 5.26. The smallest absolute Gasteiger partial charge is 0.240 e. The van der Waals surface area contributed by atoms with E-state index in [1.54, 1.807) is 18.0 Å². The molecule has 0 aliphatic rings. The fourth-order valence-corrected chi connectivity index (χ4v) is 2.87. The van der Waals surface area contributed by atoms with Crippen LogP contribution in [-0.4, -0.2) is 24.5 Å². The van der Waals surface area contributed by atoms with Crippen LogP contribution >= 0.6 is 23.4 Å². The van der Waals surface area contributed by atoms with Crippen LogP contribution in [0.2, 0.25) is 5.02 Å². The molecule has 2 aromatic carbocycles. The molecule has 0 heterocycles. The quantitative estimate of drug-likeness (QED) is 0.390. The van der Waals surface area contributed by atoms with Crippen molar-refractivity contribution in [3.63, 3.8) is 0 Å². The van der Waals surface area contributed by atoms with Gasteiger partial charge in [0.05, 0.1) is 12.8 Å². The van der Waals surface area contributed by atoms with E-state index < -0.39 is 0 Å². The molecule has 0 bridgehead atoms. The first-order chi connectivity index (χ1) is 12.2. The highest BCUT2D eigenvalue weighted by molar-refractivity contribution is 7.99. The molecule has 1 amide bonds. The van der Waals surface area contributed by atoms with Gasteiger partial charge >= 0.3 is 0 Å². The van der Waals surface area contributed by atoms with Crippen LogP contribution in [0.1, 0.15) is 25.3 Å². The minimum absolute atomic E-state index is 0.111. The summed E-state index contributed by atoms with van der Waals surface area (Å²) in [6, 6.07) is 15.1. The van der Waals surface area contributed by atoms with Crippen molar-refractivity contribution in [1.29, 1.82) is 0 Å². The molecule has 4 nitrogen and oxygen atoms in total. The molecule has 6 heteroatoms. The number of benzene rings is 2. The molecular formula is C19H21ClN2O2S. The predicted octanol–water partition coefficient (Wildman–Crippen LogP) is 4.76. The highest BCUT2D eigenvalue weighted by atomic mass is 35.5. The standard InChI is InChI=1S/C19H21ClN2O2S/c1-2-12-24-17-7-3-15(4-8-17)14-21-22-19(23)11-13-25-18-9-5-16(20)6-10-18/h3-10,14H,2,11-13H2,1H3,(H,22,23)/b21-14-. The molecule has 0 spiro atoms. The second kappa shape index (κ2) is 10.8. The number of rotatable bonds is 9. The largest absolute Gasteiger partial charge is 0.494 e. The number of carbonyl (C=O) groups is 1. The Labute approximate surface area is 157 Å². The van der Waals surface area contributed by atoms with Crippen molar-refractivity contribution in [2.75, 3.05) is 12.4 Å². The number of hydrogen-bond acceptors (Lipinski definition) is 4. The third-order valence-corrected chi connectivity index (χ3v) is 4.43. The molecule has 0 fully saturated rings. The highest BCUT2D eigenvalue weighted by Gasteiger charge is 2.01. The molecule has 1 N–H and O–H groups in total. The number of hydrazone groups is 1. The summed E-state index contributed by atoms with van der Waals surface area (Å²) in [6.45, 7) is 2.77. The molecular weight excluding hydrogens is 356 g/mol. The third kappa shape index (κ3) is 7.63. The van der Waals surface area contributed by atoms with Crippen molar-refractivity contribution in [2.45, 2.75) is 24.7 Å². The predicted molar refractivity (Wildman–Crippen MR) is 105 cm³/mol. The molecule has 0 aliphatic carbocycles. The molecule has 132 valence electrons. The van der Waals surface area contributed by atoms with Gasteiger partial charge in [-0.1, -0.05) is 18.5 Å². The second-order valence-corrected chi connectivity index (χ2v) is 6.87. The molecule has 25 heavy (non-hydrogen) atoms. The van der Waals surface area contributed by atoms with E-state index in [4.69, 9.17) is 16.3 Å². The van der Waals surface area contributed by atoms with E-state index in [0.717, 1.165) is 22.6 Å². The van der Waals surface area contributed by atoms with Crippen molar-refractivity contribution in [3.8, 4) is 5.75 Å². The maximum absolute atomic E-state index is 11.8. The van der Waals surface area contributed by atoms with Gasteiger partial charge in [0.15, 0.2) is 0 Å². The zero-order chi connectivity index (χ0) is 17.9. The molecule has 0 saturated heterocycles. The average molecular weight is 377 g/mol. The van der Waals surface area contributed by atoms with Gasteiger partial charge in [0.2, 0.25) is 5.91 Å². The van der Waals surface area contributed by atoms with Gasteiger partial charge in [0.1, 0.15) is 5.75 Å². The first kappa shape index (κ1) is 19.3. The van der Waals surface area contributed by atoms with E-state index >= 15 is 0 Å². The van der Waals surface area contributed by atoms with E-state index in [1.165, 1.54) is 0 Å². The maximum Gasteiger partial charge on any atom is 0.240 e.